The average Bonchev–Trinajstić information content (AvgIpc) is 2.16. The molecule has 0 spiro atoms. The smallest absolute Gasteiger partial charge is 0.225 e. The molecular weight excluding hydrogens is 192 g/mol. The van der Waals surface area contributed by atoms with Crippen LogP contribution in [0.4, 0.5) is 0 Å². The number of amides is 1. The molecule has 0 aromatic rings. The summed E-state index contributed by atoms with van der Waals surface area (Å²) in [5.41, 5.74) is -0.443. The van der Waals surface area contributed by atoms with Crippen molar-refractivity contribution in [1.82, 2.24) is 4.90 Å². The van der Waals surface area contributed by atoms with Gasteiger partial charge in [-0.1, -0.05) is 0 Å². The van der Waals surface area contributed by atoms with E-state index in [-0.39, 0.29) is 11.8 Å². The topological polar surface area (TPSA) is 53.3 Å². The molecule has 1 atom stereocenters. The minimum atomic E-state index is -0.443. The fourth-order valence-corrected chi connectivity index (χ4v) is 1.12. The Morgan fingerprint density at radius 1 is 1.60 bits per heavy atom. The molecule has 86 valence electrons. The first-order chi connectivity index (χ1) is 6.82. The molecule has 0 N–H and O–H groups in total. The zero-order valence-electron chi connectivity index (χ0n) is 10.2. The van der Waals surface area contributed by atoms with Crippen molar-refractivity contribution >= 4 is 5.91 Å². The van der Waals surface area contributed by atoms with Gasteiger partial charge in [0.25, 0.3) is 0 Å². The van der Waals surface area contributed by atoms with E-state index in [0.717, 1.165) is 0 Å². The van der Waals surface area contributed by atoms with Crippen LogP contribution >= 0.6 is 0 Å². The zero-order chi connectivity index (χ0) is 12.1. The highest BCUT2D eigenvalue weighted by Gasteiger charge is 2.23. The van der Waals surface area contributed by atoms with E-state index in [9.17, 15) is 4.79 Å². The molecule has 0 aliphatic rings. The molecule has 1 amide bonds. The fraction of sp³-hybridized carbons (Fsp3) is 0.818. The lowest BCUT2D eigenvalue weighted by atomic mass is 10.0. The maximum Gasteiger partial charge on any atom is 0.225 e. The molecule has 0 aliphatic carbocycles. The average molecular weight is 212 g/mol. The van der Waals surface area contributed by atoms with Gasteiger partial charge in [-0.3, -0.25) is 4.79 Å². The first kappa shape index (κ1) is 13.9. The van der Waals surface area contributed by atoms with Crippen LogP contribution in [-0.2, 0) is 9.53 Å². The highest BCUT2D eigenvalue weighted by Crippen LogP contribution is 2.14. The second kappa shape index (κ2) is 5.72. The Morgan fingerprint density at radius 3 is 2.53 bits per heavy atom. The Hall–Kier alpha value is -1.08. The summed E-state index contributed by atoms with van der Waals surface area (Å²) in [5.74, 6) is -0.131. The van der Waals surface area contributed by atoms with Crippen LogP contribution in [0, 0.1) is 17.2 Å². The maximum atomic E-state index is 11.7. The van der Waals surface area contributed by atoms with E-state index in [2.05, 4.69) is 6.07 Å². The molecule has 4 nitrogen and oxygen atoms in total. The monoisotopic (exact) mass is 212 g/mol. The highest BCUT2D eigenvalue weighted by atomic mass is 16.5. The van der Waals surface area contributed by atoms with Gasteiger partial charge in [0.05, 0.1) is 24.0 Å². The summed E-state index contributed by atoms with van der Waals surface area (Å²) >= 11 is 0. The molecule has 0 rings (SSSR count). The van der Waals surface area contributed by atoms with E-state index >= 15 is 0 Å². The van der Waals surface area contributed by atoms with Gasteiger partial charge in [-0.2, -0.15) is 5.26 Å². The standard InChI is InChI=1S/C11H20N2O2/c1-9(7-12)8-13(4)10(14)6-11(2,3)15-5/h9H,6,8H2,1-5H3. The molecular formula is C11H20N2O2. The number of methoxy groups -OCH3 is 1. The Balaban J connectivity index is 4.17. The van der Waals surface area contributed by atoms with Crippen LogP contribution in [0.5, 0.6) is 0 Å². The summed E-state index contributed by atoms with van der Waals surface area (Å²) < 4.78 is 5.18. The molecule has 0 aromatic carbocycles. The van der Waals surface area contributed by atoms with Crippen molar-refractivity contribution < 1.29 is 9.53 Å². The third kappa shape index (κ3) is 5.38. The third-order valence-corrected chi connectivity index (χ3v) is 2.32. The van der Waals surface area contributed by atoms with Crippen molar-refractivity contribution in [2.75, 3.05) is 20.7 Å². The molecule has 0 aliphatic heterocycles. The van der Waals surface area contributed by atoms with Crippen LogP contribution in [0.15, 0.2) is 0 Å². The lowest BCUT2D eigenvalue weighted by Crippen LogP contribution is -2.36. The Bertz CT molecular complexity index is 256. The van der Waals surface area contributed by atoms with Crippen molar-refractivity contribution in [3.05, 3.63) is 0 Å². The number of carbonyl (C=O) groups is 1. The van der Waals surface area contributed by atoms with E-state index < -0.39 is 5.60 Å². The summed E-state index contributed by atoms with van der Waals surface area (Å²) in [7, 11) is 3.30. The number of nitrogens with zero attached hydrogens (tertiary/aromatic N) is 2. The first-order valence-corrected chi connectivity index (χ1v) is 5.01. The predicted octanol–water partition coefficient (Wildman–Crippen LogP) is 1.42. The Morgan fingerprint density at radius 2 is 2.13 bits per heavy atom. The minimum Gasteiger partial charge on any atom is -0.378 e. The van der Waals surface area contributed by atoms with Crippen molar-refractivity contribution in [3.8, 4) is 6.07 Å². The number of nitriles is 1. The van der Waals surface area contributed by atoms with Gasteiger partial charge in [0, 0.05) is 20.7 Å². The molecule has 0 aromatic heterocycles. The SMILES string of the molecule is COC(C)(C)CC(=O)N(C)CC(C)C#N. The number of ether oxygens (including phenoxy) is 1. The Kier molecular flexibility index (Phi) is 5.31. The predicted molar refractivity (Wildman–Crippen MR) is 58.1 cm³/mol. The van der Waals surface area contributed by atoms with Crippen LogP contribution in [0.2, 0.25) is 0 Å². The largest absolute Gasteiger partial charge is 0.378 e. The number of hydrogen-bond donors (Lipinski definition) is 0. The van der Waals surface area contributed by atoms with Gasteiger partial charge in [0.2, 0.25) is 5.91 Å². The van der Waals surface area contributed by atoms with Crippen LogP contribution in [0.1, 0.15) is 27.2 Å². The molecule has 0 fully saturated rings. The molecule has 0 saturated carbocycles. The normalized spacial score (nSPS) is 13.1. The number of hydrogen-bond acceptors (Lipinski definition) is 3. The second-order valence-corrected chi connectivity index (χ2v) is 4.45. The third-order valence-electron chi connectivity index (χ3n) is 2.32. The number of rotatable bonds is 5. The van der Waals surface area contributed by atoms with Crippen molar-refractivity contribution in [2.45, 2.75) is 32.8 Å². The summed E-state index contributed by atoms with van der Waals surface area (Å²) in [4.78, 5) is 13.3. The van der Waals surface area contributed by atoms with Gasteiger partial charge in [-0.05, 0) is 20.8 Å². The summed E-state index contributed by atoms with van der Waals surface area (Å²) in [6, 6.07) is 2.10. The molecule has 4 heteroatoms. The van der Waals surface area contributed by atoms with Crippen LogP contribution in [0.3, 0.4) is 0 Å². The molecule has 0 heterocycles. The van der Waals surface area contributed by atoms with Crippen molar-refractivity contribution in [2.24, 2.45) is 5.92 Å². The molecule has 0 radical (unpaired) electrons. The van der Waals surface area contributed by atoms with Gasteiger partial charge in [-0.15, -0.1) is 0 Å². The quantitative estimate of drug-likeness (QED) is 0.692. The van der Waals surface area contributed by atoms with Crippen molar-refractivity contribution in [1.29, 1.82) is 5.26 Å². The van der Waals surface area contributed by atoms with Crippen LogP contribution < -0.4 is 0 Å². The summed E-state index contributed by atoms with van der Waals surface area (Å²) in [6.45, 7) is 6.00. The van der Waals surface area contributed by atoms with Crippen LogP contribution in [-0.4, -0.2) is 37.1 Å². The van der Waals surface area contributed by atoms with E-state index in [0.29, 0.717) is 13.0 Å². The van der Waals surface area contributed by atoms with Gasteiger partial charge < -0.3 is 9.64 Å². The number of carbonyl (C=O) groups excluding carboxylic acids is 1. The van der Waals surface area contributed by atoms with Gasteiger partial charge >= 0.3 is 0 Å². The summed E-state index contributed by atoms with van der Waals surface area (Å²) in [5, 5.41) is 8.63. The van der Waals surface area contributed by atoms with E-state index in [1.807, 2.05) is 13.8 Å². The molecule has 1 unspecified atom stereocenters. The fourth-order valence-electron chi connectivity index (χ4n) is 1.12. The van der Waals surface area contributed by atoms with Crippen LogP contribution in [0.25, 0.3) is 0 Å². The summed E-state index contributed by atoms with van der Waals surface area (Å²) in [6.07, 6.45) is 0.331. The lowest BCUT2D eigenvalue weighted by Gasteiger charge is -2.26. The molecule has 0 bridgehead atoms. The zero-order valence-corrected chi connectivity index (χ0v) is 10.2. The lowest BCUT2D eigenvalue weighted by molar-refractivity contribution is -0.135. The van der Waals surface area contributed by atoms with E-state index in [1.165, 1.54) is 0 Å². The van der Waals surface area contributed by atoms with E-state index in [1.54, 1.807) is 26.0 Å². The highest BCUT2D eigenvalue weighted by molar-refractivity contribution is 5.76. The van der Waals surface area contributed by atoms with Gasteiger partial charge in [0.1, 0.15) is 0 Å². The van der Waals surface area contributed by atoms with E-state index in [4.69, 9.17) is 10.00 Å². The van der Waals surface area contributed by atoms with Gasteiger partial charge in [-0.25, -0.2) is 0 Å². The molecule has 0 saturated heterocycles. The Labute approximate surface area is 91.8 Å². The maximum absolute atomic E-state index is 11.7. The minimum absolute atomic E-state index is 0.00366. The molecule has 15 heavy (non-hydrogen) atoms. The second-order valence-electron chi connectivity index (χ2n) is 4.45. The van der Waals surface area contributed by atoms with Crippen molar-refractivity contribution in [3.63, 3.8) is 0 Å². The van der Waals surface area contributed by atoms with Gasteiger partial charge in [0.15, 0.2) is 0 Å². The first-order valence-electron chi connectivity index (χ1n) is 5.01.